The van der Waals surface area contributed by atoms with Crippen LogP contribution in [0.25, 0.3) is 0 Å². The number of likely N-dealkylation sites (tertiary alicyclic amines) is 1. The molecule has 4 atom stereocenters. The summed E-state index contributed by atoms with van der Waals surface area (Å²) < 4.78 is 19.1. The number of aliphatic hydroxyl groups is 1. The number of fused-ring (bicyclic) bond motifs is 2. The van der Waals surface area contributed by atoms with Crippen LogP contribution >= 0.6 is 0 Å². The highest BCUT2D eigenvalue weighted by atomic mass is 19.1. The van der Waals surface area contributed by atoms with Gasteiger partial charge in [-0.25, -0.2) is 4.39 Å². The molecule has 31 heavy (non-hydrogen) atoms. The molecular formula is C23H31FN2O5. The number of hydrogen-bond donors (Lipinski definition) is 2. The molecule has 0 unspecified atom stereocenters. The number of nitrogens with zero attached hydrogens (tertiary/aromatic N) is 2. The van der Waals surface area contributed by atoms with Gasteiger partial charge in [0.2, 0.25) is 5.91 Å². The second kappa shape index (κ2) is 9.12. The number of amides is 1. The molecule has 1 aliphatic carbocycles. The summed E-state index contributed by atoms with van der Waals surface area (Å²) in [4.78, 5) is 26.3. The van der Waals surface area contributed by atoms with Gasteiger partial charge in [0.25, 0.3) is 6.47 Å². The van der Waals surface area contributed by atoms with E-state index in [1.54, 1.807) is 12.1 Å². The van der Waals surface area contributed by atoms with Gasteiger partial charge in [-0.3, -0.25) is 14.5 Å². The van der Waals surface area contributed by atoms with E-state index in [2.05, 4.69) is 9.80 Å². The summed E-state index contributed by atoms with van der Waals surface area (Å²) in [6, 6.07) is 5.95. The van der Waals surface area contributed by atoms with Crippen LogP contribution in [-0.4, -0.2) is 76.3 Å². The van der Waals surface area contributed by atoms with Gasteiger partial charge in [-0.2, -0.15) is 0 Å². The summed E-state index contributed by atoms with van der Waals surface area (Å²) in [6.45, 7) is 3.39. The smallest absolute Gasteiger partial charge is 0.290 e. The Bertz CT molecular complexity index is 779. The van der Waals surface area contributed by atoms with Gasteiger partial charge in [0.05, 0.1) is 6.10 Å². The fourth-order valence-electron chi connectivity index (χ4n) is 6.12. The van der Waals surface area contributed by atoms with Crippen molar-refractivity contribution in [2.24, 2.45) is 11.8 Å². The second-order valence-corrected chi connectivity index (χ2v) is 9.21. The summed E-state index contributed by atoms with van der Waals surface area (Å²) in [6.07, 6.45) is 4.80. The lowest BCUT2D eigenvalue weighted by Gasteiger charge is -2.35. The fraction of sp³-hybridized carbons (Fsp3) is 0.652. The van der Waals surface area contributed by atoms with E-state index in [0.29, 0.717) is 29.9 Å². The van der Waals surface area contributed by atoms with E-state index in [0.717, 1.165) is 58.3 Å². The van der Waals surface area contributed by atoms with Crippen molar-refractivity contribution in [3.05, 3.63) is 30.1 Å². The molecule has 3 saturated heterocycles. The number of carbonyl (C=O) groups excluding carboxylic acids is 1. The van der Waals surface area contributed by atoms with E-state index < -0.39 is 6.10 Å². The predicted molar refractivity (Wildman–Crippen MR) is 111 cm³/mol. The van der Waals surface area contributed by atoms with E-state index in [1.807, 2.05) is 0 Å². The van der Waals surface area contributed by atoms with Crippen LogP contribution in [0.15, 0.2) is 24.3 Å². The maximum atomic E-state index is 13.4. The lowest BCUT2D eigenvalue weighted by Crippen LogP contribution is -2.53. The highest BCUT2D eigenvalue weighted by Crippen LogP contribution is 2.44. The normalized spacial score (nSPS) is 31.4. The Labute approximate surface area is 181 Å². The molecule has 0 bridgehead atoms. The predicted octanol–water partition coefficient (Wildman–Crippen LogP) is 2.13. The van der Waals surface area contributed by atoms with Crippen molar-refractivity contribution < 1.29 is 28.9 Å². The second-order valence-electron chi connectivity index (χ2n) is 9.21. The van der Waals surface area contributed by atoms with E-state index in [-0.39, 0.29) is 23.9 Å². The molecule has 0 radical (unpaired) electrons. The zero-order chi connectivity index (χ0) is 22.0. The molecular weight excluding hydrogens is 403 g/mol. The highest BCUT2D eigenvalue weighted by Gasteiger charge is 2.54. The summed E-state index contributed by atoms with van der Waals surface area (Å²) in [5.41, 5.74) is -0.240. The molecule has 4 aliphatic rings. The highest BCUT2D eigenvalue weighted by molar-refractivity contribution is 5.87. The van der Waals surface area contributed by atoms with Gasteiger partial charge in [0, 0.05) is 13.1 Å². The Morgan fingerprint density at radius 1 is 1.10 bits per heavy atom. The molecule has 8 heteroatoms. The van der Waals surface area contributed by atoms with Gasteiger partial charge in [-0.1, -0.05) is 0 Å². The first-order chi connectivity index (χ1) is 15.0. The van der Waals surface area contributed by atoms with Crippen molar-refractivity contribution in [1.29, 1.82) is 0 Å². The number of halogens is 1. The minimum atomic E-state index is -0.547. The molecule has 7 nitrogen and oxygen atoms in total. The number of hydrogen-bond acceptors (Lipinski definition) is 5. The van der Waals surface area contributed by atoms with Crippen LogP contribution in [0.5, 0.6) is 5.75 Å². The van der Waals surface area contributed by atoms with Crippen LogP contribution in [0.3, 0.4) is 0 Å². The molecule has 1 aromatic rings. The van der Waals surface area contributed by atoms with Crippen molar-refractivity contribution in [1.82, 2.24) is 9.80 Å². The minimum Gasteiger partial charge on any atom is -0.488 e. The number of carbonyl (C=O) groups is 2. The first kappa shape index (κ1) is 22.0. The molecule has 5 rings (SSSR count). The monoisotopic (exact) mass is 434 g/mol. The van der Waals surface area contributed by atoms with E-state index >= 15 is 0 Å². The van der Waals surface area contributed by atoms with E-state index in [1.165, 1.54) is 12.1 Å². The topological polar surface area (TPSA) is 90.3 Å². The molecule has 1 aromatic carbocycles. The lowest BCUT2D eigenvalue weighted by molar-refractivity contribution is -0.140. The standard InChI is InChI=1S/C22H29FN2O3.CH2O2/c23-17-3-5-18(6-4-17)28-20-12-16-14-24(13-15(16)11-19(20)26)21(27)22-7-1-9-25(22)10-2-8-22;2-1-3/h3-6,15-16,19-20,26H,1-2,7-14H2;1H,(H,2,3)/t15-,16+,19+,20+;/m0./s1. The molecule has 3 aliphatic heterocycles. The van der Waals surface area contributed by atoms with Gasteiger partial charge >= 0.3 is 0 Å². The van der Waals surface area contributed by atoms with Gasteiger partial charge in [-0.05, 0) is 87.7 Å². The van der Waals surface area contributed by atoms with Gasteiger partial charge in [0.1, 0.15) is 23.2 Å². The lowest BCUT2D eigenvalue weighted by atomic mass is 9.78. The first-order valence-corrected chi connectivity index (χ1v) is 11.2. The van der Waals surface area contributed by atoms with E-state index in [4.69, 9.17) is 14.6 Å². The summed E-state index contributed by atoms with van der Waals surface area (Å²) in [7, 11) is 0. The molecule has 4 fully saturated rings. The molecule has 1 saturated carbocycles. The Morgan fingerprint density at radius 2 is 1.68 bits per heavy atom. The van der Waals surface area contributed by atoms with Crippen molar-refractivity contribution in [2.75, 3.05) is 26.2 Å². The first-order valence-electron chi connectivity index (χ1n) is 11.2. The average Bonchev–Trinajstić information content (AvgIpc) is 3.44. The van der Waals surface area contributed by atoms with Crippen molar-refractivity contribution in [3.8, 4) is 5.75 Å². The van der Waals surface area contributed by atoms with E-state index in [9.17, 15) is 14.3 Å². The van der Waals surface area contributed by atoms with Crippen LogP contribution in [0.1, 0.15) is 38.5 Å². The maximum Gasteiger partial charge on any atom is 0.290 e. The number of aliphatic hydroxyl groups excluding tert-OH is 1. The molecule has 1 amide bonds. The fourth-order valence-corrected chi connectivity index (χ4v) is 6.12. The quantitative estimate of drug-likeness (QED) is 0.709. The van der Waals surface area contributed by atoms with Crippen molar-refractivity contribution in [3.63, 3.8) is 0 Å². The number of rotatable bonds is 3. The number of benzene rings is 1. The number of ether oxygens (including phenoxy) is 1. The third-order valence-corrected chi connectivity index (χ3v) is 7.51. The summed E-state index contributed by atoms with van der Waals surface area (Å²) >= 11 is 0. The summed E-state index contributed by atoms with van der Waals surface area (Å²) in [5, 5.41) is 17.5. The van der Waals surface area contributed by atoms with Gasteiger partial charge < -0.3 is 19.8 Å². The molecule has 170 valence electrons. The maximum absolute atomic E-state index is 13.4. The largest absolute Gasteiger partial charge is 0.488 e. The van der Waals surface area contributed by atoms with Crippen LogP contribution in [-0.2, 0) is 9.59 Å². The third kappa shape index (κ3) is 4.28. The SMILES string of the molecule is O=C(N1C[C@H]2C[C@@H](Oc3ccc(F)cc3)[C@H](O)C[C@H]2C1)C12CCCN1CCC2.O=CO. The molecule has 0 spiro atoms. The van der Waals surface area contributed by atoms with Crippen LogP contribution < -0.4 is 4.74 Å². The third-order valence-electron chi connectivity index (χ3n) is 7.51. The van der Waals surface area contributed by atoms with Gasteiger partial charge in [-0.15, -0.1) is 0 Å². The molecule has 2 N–H and O–H groups in total. The number of carboxylic acid groups (broad SMARTS) is 1. The molecule has 0 aromatic heterocycles. The van der Waals surface area contributed by atoms with Crippen molar-refractivity contribution >= 4 is 12.4 Å². The average molecular weight is 435 g/mol. The minimum absolute atomic E-state index is 0.240. The van der Waals surface area contributed by atoms with Crippen LogP contribution in [0.2, 0.25) is 0 Å². The Morgan fingerprint density at radius 3 is 2.29 bits per heavy atom. The Hall–Kier alpha value is -2.19. The van der Waals surface area contributed by atoms with Crippen LogP contribution in [0, 0.1) is 17.7 Å². The van der Waals surface area contributed by atoms with Gasteiger partial charge in [0.15, 0.2) is 0 Å². The Balaban J connectivity index is 0.000000730. The zero-order valence-electron chi connectivity index (χ0n) is 17.7. The van der Waals surface area contributed by atoms with Crippen LogP contribution in [0.4, 0.5) is 4.39 Å². The zero-order valence-corrected chi connectivity index (χ0v) is 17.7. The molecule has 3 heterocycles. The van der Waals surface area contributed by atoms with Crippen molar-refractivity contribution in [2.45, 2.75) is 56.3 Å². The Kier molecular flexibility index (Phi) is 6.48. The summed E-state index contributed by atoms with van der Waals surface area (Å²) in [5.74, 6) is 1.32.